The van der Waals surface area contributed by atoms with Gasteiger partial charge in [0.25, 0.3) is 0 Å². The van der Waals surface area contributed by atoms with Gasteiger partial charge in [-0.15, -0.1) is 11.3 Å². The van der Waals surface area contributed by atoms with Gasteiger partial charge in [0, 0.05) is 64.0 Å². The molecule has 7 heteroatoms. The van der Waals surface area contributed by atoms with E-state index in [1.54, 1.807) is 11.3 Å². The molecular formula is C19H30N6S. The Morgan fingerprint density at radius 2 is 2.19 bits per heavy atom. The zero-order chi connectivity index (χ0) is 18.4. The molecule has 1 fully saturated rings. The number of nitrogens with one attached hydrogen (secondary N) is 1. The first kappa shape index (κ1) is 18.8. The molecule has 1 saturated heterocycles. The molecule has 1 N–H and O–H groups in total. The summed E-state index contributed by atoms with van der Waals surface area (Å²) in [5.41, 5.74) is 2.43. The van der Waals surface area contributed by atoms with E-state index in [1.165, 1.54) is 23.7 Å². The summed E-state index contributed by atoms with van der Waals surface area (Å²) < 4.78 is 2.15. The number of thiazole rings is 1. The molecule has 2 aromatic rings. The first-order valence-corrected chi connectivity index (χ1v) is 10.3. The van der Waals surface area contributed by atoms with Crippen LogP contribution in [0.1, 0.15) is 31.2 Å². The maximum atomic E-state index is 4.80. The van der Waals surface area contributed by atoms with Gasteiger partial charge in [0.05, 0.1) is 12.2 Å². The van der Waals surface area contributed by atoms with Crippen LogP contribution in [0.5, 0.6) is 0 Å². The predicted molar refractivity (Wildman–Crippen MR) is 110 cm³/mol. The van der Waals surface area contributed by atoms with E-state index in [0.29, 0.717) is 0 Å². The Labute approximate surface area is 160 Å². The van der Waals surface area contributed by atoms with Gasteiger partial charge in [0.2, 0.25) is 0 Å². The predicted octanol–water partition coefficient (Wildman–Crippen LogP) is 2.72. The molecular weight excluding hydrogens is 344 g/mol. The third-order valence-electron chi connectivity index (χ3n) is 4.69. The van der Waals surface area contributed by atoms with Crippen LogP contribution in [0.2, 0.25) is 0 Å². The van der Waals surface area contributed by atoms with Gasteiger partial charge in [-0.25, -0.2) is 4.98 Å². The van der Waals surface area contributed by atoms with Crippen molar-refractivity contribution in [1.82, 2.24) is 19.8 Å². The summed E-state index contributed by atoms with van der Waals surface area (Å²) in [6.45, 7) is 6.87. The van der Waals surface area contributed by atoms with E-state index >= 15 is 0 Å². The highest BCUT2D eigenvalue weighted by Crippen LogP contribution is 2.24. The number of anilines is 1. The summed E-state index contributed by atoms with van der Waals surface area (Å²) in [5.74, 6) is 0.948. The van der Waals surface area contributed by atoms with Crippen molar-refractivity contribution in [2.45, 2.75) is 32.7 Å². The summed E-state index contributed by atoms with van der Waals surface area (Å²) in [4.78, 5) is 14.2. The fourth-order valence-electron chi connectivity index (χ4n) is 3.19. The lowest BCUT2D eigenvalue weighted by Crippen LogP contribution is -2.39. The second-order valence-corrected chi connectivity index (χ2v) is 7.60. The second kappa shape index (κ2) is 9.07. The fraction of sp³-hybridized carbons (Fsp3) is 0.579. The molecule has 0 aliphatic carbocycles. The van der Waals surface area contributed by atoms with Gasteiger partial charge in [-0.05, 0) is 31.9 Å². The molecule has 0 amide bonds. The molecule has 1 aliphatic rings. The standard InChI is InChI=1S/C19H30N6S/c1-4-20-18(24(3)14-17-8-7-11-23(17)2)21-10-9-16-15-26-19(22-16)25-12-5-6-13-25/h7-8,11,15H,4-6,9-10,12-14H2,1-3H3,(H,20,21). The molecule has 26 heavy (non-hydrogen) atoms. The molecule has 0 bridgehead atoms. The highest BCUT2D eigenvalue weighted by Gasteiger charge is 2.15. The molecule has 0 spiro atoms. The molecule has 6 nitrogen and oxygen atoms in total. The van der Waals surface area contributed by atoms with Crippen LogP contribution in [0.3, 0.4) is 0 Å². The Balaban J connectivity index is 1.56. The minimum absolute atomic E-state index is 0.753. The average Bonchev–Trinajstić information content (AvgIpc) is 3.36. The van der Waals surface area contributed by atoms with E-state index in [0.717, 1.165) is 50.8 Å². The van der Waals surface area contributed by atoms with Gasteiger partial charge in [0.15, 0.2) is 11.1 Å². The quantitative estimate of drug-likeness (QED) is 0.598. The van der Waals surface area contributed by atoms with E-state index in [1.807, 2.05) is 0 Å². The van der Waals surface area contributed by atoms with Crippen LogP contribution in [0, 0.1) is 0 Å². The third-order valence-corrected chi connectivity index (χ3v) is 5.64. The first-order valence-electron chi connectivity index (χ1n) is 9.46. The number of hydrogen-bond acceptors (Lipinski definition) is 4. The van der Waals surface area contributed by atoms with E-state index in [2.05, 4.69) is 64.4 Å². The van der Waals surface area contributed by atoms with Crippen molar-refractivity contribution in [3.8, 4) is 0 Å². The van der Waals surface area contributed by atoms with Crippen LogP contribution in [0.25, 0.3) is 0 Å². The lowest BCUT2D eigenvalue weighted by molar-refractivity contribution is 0.462. The zero-order valence-corrected chi connectivity index (χ0v) is 16.9. The van der Waals surface area contributed by atoms with Gasteiger partial charge in [0.1, 0.15) is 0 Å². The maximum absolute atomic E-state index is 4.80. The summed E-state index contributed by atoms with van der Waals surface area (Å²) in [5, 5.41) is 6.75. The van der Waals surface area contributed by atoms with Crippen molar-refractivity contribution >= 4 is 22.4 Å². The van der Waals surface area contributed by atoms with Crippen LogP contribution in [0.4, 0.5) is 5.13 Å². The van der Waals surface area contributed by atoms with Gasteiger partial charge in [-0.2, -0.15) is 0 Å². The molecule has 3 rings (SSSR count). The summed E-state index contributed by atoms with van der Waals surface area (Å²) in [6, 6.07) is 4.22. The highest BCUT2D eigenvalue weighted by atomic mass is 32.1. The number of aromatic nitrogens is 2. The van der Waals surface area contributed by atoms with E-state index in [-0.39, 0.29) is 0 Å². The van der Waals surface area contributed by atoms with Crippen LogP contribution >= 0.6 is 11.3 Å². The van der Waals surface area contributed by atoms with E-state index in [9.17, 15) is 0 Å². The molecule has 0 atom stereocenters. The van der Waals surface area contributed by atoms with Crippen LogP contribution in [-0.2, 0) is 20.0 Å². The molecule has 0 aromatic carbocycles. The summed E-state index contributed by atoms with van der Waals surface area (Å²) in [6.07, 6.45) is 5.54. The highest BCUT2D eigenvalue weighted by molar-refractivity contribution is 7.13. The van der Waals surface area contributed by atoms with Gasteiger partial charge in [-0.1, -0.05) is 0 Å². The molecule has 2 aromatic heterocycles. The number of aliphatic imine (C=N–C) groups is 1. The van der Waals surface area contributed by atoms with Crippen molar-refractivity contribution in [2.75, 3.05) is 38.1 Å². The van der Waals surface area contributed by atoms with Gasteiger partial charge >= 0.3 is 0 Å². The SMILES string of the molecule is CCNC(=NCCc1csc(N2CCCC2)n1)N(C)Cc1cccn1C. The van der Waals surface area contributed by atoms with Crippen molar-refractivity contribution in [1.29, 1.82) is 0 Å². The molecule has 142 valence electrons. The summed E-state index contributed by atoms with van der Waals surface area (Å²) in [7, 11) is 4.16. The maximum Gasteiger partial charge on any atom is 0.194 e. The lowest BCUT2D eigenvalue weighted by Gasteiger charge is -2.22. The number of guanidine groups is 1. The Morgan fingerprint density at radius 3 is 2.88 bits per heavy atom. The van der Waals surface area contributed by atoms with Crippen LogP contribution in [0.15, 0.2) is 28.7 Å². The normalized spacial score (nSPS) is 14.9. The lowest BCUT2D eigenvalue weighted by atomic mass is 10.3. The number of aryl methyl sites for hydroxylation is 1. The molecule has 3 heterocycles. The Kier molecular flexibility index (Phi) is 6.55. The minimum Gasteiger partial charge on any atom is -0.357 e. The van der Waals surface area contributed by atoms with Gasteiger partial charge < -0.3 is 19.7 Å². The van der Waals surface area contributed by atoms with Gasteiger partial charge in [-0.3, -0.25) is 4.99 Å². The van der Waals surface area contributed by atoms with Crippen LogP contribution < -0.4 is 10.2 Å². The first-order chi connectivity index (χ1) is 12.7. The van der Waals surface area contributed by atoms with Crippen molar-refractivity contribution in [3.63, 3.8) is 0 Å². The van der Waals surface area contributed by atoms with Crippen molar-refractivity contribution in [3.05, 3.63) is 35.1 Å². The monoisotopic (exact) mass is 374 g/mol. The number of rotatable bonds is 7. The zero-order valence-electron chi connectivity index (χ0n) is 16.1. The average molecular weight is 375 g/mol. The van der Waals surface area contributed by atoms with Crippen molar-refractivity contribution in [2.24, 2.45) is 12.0 Å². The summed E-state index contributed by atoms with van der Waals surface area (Å²) >= 11 is 1.76. The molecule has 0 unspecified atom stereocenters. The Hall–Kier alpha value is -2.02. The number of nitrogens with zero attached hydrogens (tertiary/aromatic N) is 5. The molecule has 1 aliphatic heterocycles. The number of hydrogen-bond donors (Lipinski definition) is 1. The topological polar surface area (TPSA) is 48.7 Å². The second-order valence-electron chi connectivity index (χ2n) is 6.77. The molecule has 0 radical (unpaired) electrons. The minimum atomic E-state index is 0.753. The van der Waals surface area contributed by atoms with E-state index in [4.69, 9.17) is 9.98 Å². The Bertz CT molecular complexity index is 713. The van der Waals surface area contributed by atoms with Crippen LogP contribution in [-0.4, -0.2) is 53.6 Å². The fourth-order valence-corrected chi connectivity index (χ4v) is 4.10. The molecule has 0 saturated carbocycles. The van der Waals surface area contributed by atoms with E-state index < -0.39 is 0 Å². The largest absolute Gasteiger partial charge is 0.357 e. The Morgan fingerprint density at radius 1 is 1.38 bits per heavy atom. The smallest absolute Gasteiger partial charge is 0.194 e. The third kappa shape index (κ3) is 4.78. The van der Waals surface area contributed by atoms with Crippen molar-refractivity contribution < 1.29 is 0 Å².